The number of nitrogens with zero attached hydrogens (tertiary/aromatic N) is 5. The Kier molecular flexibility index (Phi) is 6.13. The van der Waals surface area contributed by atoms with Gasteiger partial charge in [0.2, 0.25) is 0 Å². The monoisotopic (exact) mass is 501 g/mol. The van der Waals surface area contributed by atoms with Crippen LogP contribution in [0.3, 0.4) is 0 Å². The molecule has 0 atom stereocenters. The molecule has 3 saturated heterocycles. The molecule has 3 fully saturated rings. The molecule has 1 amide bonds. The van der Waals surface area contributed by atoms with Crippen LogP contribution in [0.25, 0.3) is 11.3 Å². The Bertz CT molecular complexity index is 1210. The molecule has 0 unspecified atom stereocenters. The number of sulfone groups is 1. The van der Waals surface area contributed by atoms with E-state index in [-0.39, 0.29) is 23.4 Å². The van der Waals surface area contributed by atoms with Crippen molar-refractivity contribution in [1.82, 2.24) is 24.5 Å². The van der Waals surface area contributed by atoms with Crippen LogP contribution < -0.4 is 0 Å². The Morgan fingerprint density at radius 3 is 2.34 bits per heavy atom. The van der Waals surface area contributed by atoms with Gasteiger partial charge in [-0.05, 0) is 6.07 Å². The van der Waals surface area contributed by atoms with E-state index in [4.69, 9.17) is 14.6 Å². The van der Waals surface area contributed by atoms with Crippen molar-refractivity contribution in [2.45, 2.75) is 16.7 Å². The van der Waals surface area contributed by atoms with Gasteiger partial charge in [-0.25, -0.2) is 8.42 Å². The Morgan fingerprint density at radius 2 is 1.60 bits per heavy atom. The van der Waals surface area contributed by atoms with Crippen LogP contribution in [0.2, 0.25) is 0 Å². The molecule has 35 heavy (non-hydrogen) atoms. The lowest BCUT2D eigenvalue weighted by Crippen LogP contribution is -2.51. The average Bonchev–Trinajstić information content (AvgIpc) is 3.22. The molecule has 0 radical (unpaired) electrons. The molecule has 1 aromatic carbocycles. The highest BCUT2D eigenvalue weighted by Crippen LogP contribution is 2.41. The number of fused-ring (bicyclic) bond motifs is 3. The number of carbonyl (C=O) groups is 1. The SMILES string of the molecule is O=C(c1nn(C2CN(CCN3CCOCC3)C2)c2c1CS(=O)(=O)c1ccccc1-2)N1CCOCC1. The lowest BCUT2D eigenvalue weighted by atomic mass is 10.0. The van der Waals surface area contributed by atoms with Crippen molar-refractivity contribution >= 4 is 15.7 Å². The first-order valence-electron chi connectivity index (χ1n) is 12.3. The zero-order valence-corrected chi connectivity index (χ0v) is 20.6. The molecule has 0 N–H and O–H groups in total. The third-order valence-corrected chi connectivity index (χ3v) is 9.14. The highest BCUT2D eigenvalue weighted by Gasteiger charge is 2.40. The zero-order chi connectivity index (χ0) is 24.0. The summed E-state index contributed by atoms with van der Waals surface area (Å²) in [5.74, 6) is -0.403. The maximum absolute atomic E-state index is 13.5. The van der Waals surface area contributed by atoms with Crippen molar-refractivity contribution < 1.29 is 22.7 Å². The van der Waals surface area contributed by atoms with E-state index in [1.54, 1.807) is 17.0 Å². The number of morpholine rings is 2. The number of hydrogen-bond acceptors (Lipinski definition) is 8. The van der Waals surface area contributed by atoms with Gasteiger partial charge in [0.05, 0.1) is 48.8 Å². The first kappa shape index (κ1) is 23.1. The normalized spacial score (nSPS) is 22.9. The van der Waals surface area contributed by atoms with Crippen LogP contribution in [0.15, 0.2) is 29.2 Å². The first-order chi connectivity index (χ1) is 17.0. The van der Waals surface area contributed by atoms with E-state index in [1.807, 2.05) is 16.8 Å². The molecular weight excluding hydrogens is 470 g/mol. The van der Waals surface area contributed by atoms with Crippen LogP contribution in [-0.4, -0.2) is 118 Å². The van der Waals surface area contributed by atoms with E-state index in [1.165, 1.54) is 0 Å². The number of likely N-dealkylation sites (tertiary alicyclic amines) is 1. The quantitative estimate of drug-likeness (QED) is 0.584. The van der Waals surface area contributed by atoms with Crippen molar-refractivity contribution in [3.63, 3.8) is 0 Å². The highest BCUT2D eigenvalue weighted by molar-refractivity contribution is 7.90. The molecule has 10 nitrogen and oxygen atoms in total. The minimum atomic E-state index is -3.55. The molecule has 188 valence electrons. The van der Waals surface area contributed by atoms with E-state index >= 15 is 0 Å². The van der Waals surface area contributed by atoms with E-state index in [2.05, 4.69) is 9.80 Å². The number of carbonyl (C=O) groups excluding carboxylic acids is 1. The summed E-state index contributed by atoms with van der Waals surface area (Å²) in [5.41, 5.74) is 2.23. The van der Waals surface area contributed by atoms with Crippen LogP contribution in [0.4, 0.5) is 0 Å². The Morgan fingerprint density at radius 1 is 0.943 bits per heavy atom. The molecule has 6 rings (SSSR count). The van der Waals surface area contributed by atoms with Crippen molar-refractivity contribution in [3.05, 3.63) is 35.5 Å². The maximum Gasteiger partial charge on any atom is 0.274 e. The summed E-state index contributed by atoms with van der Waals surface area (Å²) in [4.78, 5) is 20.3. The smallest absolute Gasteiger partial charge is 0.274 e. The number of rotatable bonds is 5. The second-order valence-electron chi connectivity index (χ2n) is 9.65. The number of ether oxygens (including phenoxy) is 2. The number of hydrogen-bond donors (Lipinski definition) is 0. The van der Waals surface area contributed by atoms with Gasteiger partial charge in [0.1, 0.15) is 0 Å². The van der Waals surface area contributed by atoms with Gasteiger partial charge < -0.3 is 14.4 Å². The van der Waals surface area contributed by atoms with Crippen LogP contribution in [0, 0.1) is 0 Å². The summed E-state index contributed by atoms with van der Waals surface area (Å²) in [6, 6.07) is 7.19. The van der Waals surface area contributed by atoms with E-state index in [9.17, 15) is 13.2 Å². The standard InChI is InChI=1S/C24H31N5O5S/c30-24(28-9-13-34-14-10-28)22-20-17-35(31,32)21-4-2-1-3-19(21)23(20)29(25-22)18-15-27(16-18)6-5-26-7-11-33-12-8-26/h1-4,18H,5-17H2. The molecule has 0 spiro atoms. The minimum Gasteiger partial charge on any atom is -0.379 e. The summed E-state index contributed by atoms with van der Waals surface area (Å²) in [5, 5.41) is 4.80. The molecule has 0 saturated carbocycles. The van der Waals surface area contributed by atoms with E-state index in [0.717, 1.165) is 58.2 Å². The van der Waals surface area contributed by atoms with Crippen LogP contribution in [0.5, 0.6) is 0 Å². The topological polar surface area (TPSA) is 97.2 Å². The largest absolute Gasteiger partial charge is 0.379 e. The third-order valence-electron chi connectivity index (χ3n) is 7.44. The van der Waals surface area contributed by atoms with Crippen molar-refractivity contribution in [3.8, 4) is 11.3 Å². The molecule has 0 aliphatic carbocycles. The molecule has 5 heterocycles. The fourth-order valence-electron chi connectivity index (χ4n) is 5.43. The Labute approximate surface area is 205 Å². The molecule has 11 heteroatoms. The van der Waals surface area contributed by atoms with Crippen LogP contribution in [-0.2, 0) is 25.1 Å². The summed E-state index contributed by atoms with van der Waals surface area (Å²) in [7, 11) is -3.55. The molecule has 0 bridgehead atoms. The molecule has 4 aliphatic heterocycles. The fraction of sp³-hybridized carbons (Fsp3) is 0.583. The van der Waals surface area contributed by atoms with Crippen molar-refractivity contribution in [2.24, 2.45) is 0 Å². The van der Waals surface area contributed by atoms with E-state index < -0.39 is 9.84 Å². The lowest BCUT2D eigenvalue weighted by Gasteiger charge is -2.41. The highest BCUT2D eigenvalue weighted by atomic mass is 32.2. The first-order valence-corrected chi connectivity index (χ1v) is 14.0. The van der Waals surface area contributed by atoms with Gasteiger partial charge in [-0.3, -0.25) is 19.3 Å². The second kappa shape index (κ2) is 9.29. The van der Waals surface area contributed by atoms with Gasteiger partial charge in [0.15, 0.2) is 15.5 Å². The van der Waals surface area contributed by atoms with Crippen molar-refractivity contribution in [2.75, 3.05) is 78.8 Å². The van der Waals surface area contributed by atoms with Gasteiger partial charge >= 0.3 is 0 Å². The molecular formula is C24H31N5O5S. The Hall–Kier alpha value is -2.31. The molecule has 4 aliphatic rings. The summed E-state index contributed by atoms with van der Waals surface area (Å²) in [6.07, 6.45) is 0. The average molecular weight is 502 g/mol. The van der Waals surface area contributed by atoms with Gasteiger partial charge in [-0.2, -0.15) is 5.10 Å². The predicted molar refractivity (Wildman–Crippen MR) is 128 cm³/mol. The van der Waals surface area contributed by atoms with Crippen LogP contribution >= 0.6 is 0 Å². The molecule has 2 aromatic rings. The summed E-state index contributed by atoms with van der Waals surface area (Å²) >= 11 is 0. The molecule has 1 aromatic heterocycles. The second-order valence-corrected chi connectivity index (χ2v) is 11.6. The zero-order valence-electron chi connectivity index (χ0n) is 19.8. The maximum atomic E-state index is 13.5. The third kappa shape index (κ3) is 4.29. The van der Waals surface area contributed by atoms with Gasteiger partial charge in [-0.1, -0.05) is 18.2 Å². The number of amides is 1. The van der Waals surface area contributed by atoms with E-state index in [0.29, 0.717) is 42.3 Å². The number of benzene rings is 1. The fourth-order valence-corrected chi connectivity index (χ4v) is 7.03. The number of aromatic nitrogens is 2. The lowest BCUT2D eigenvalue weighted by molar-refractivity contribution is 0.0227. The summed E-state index contributed by atoms with van der Waals surface area (Å²) in [6.45, 7) is 9.13. The van der Waals surface area contributed by atoms with Gasteiger partial charge in [-0.15, -0.1) is 0 Å². The van der Waals surface area contributed by atoms with Gasteiger partial charge in [0, 0.05) is 63.5 Å². The van der Waals surface area contributed by atoms with Crippen molar-refractivity contribution in [1.29, 1.82) is 0 Å². The predicted octanol–water partition coefficient (Wildman–Crippen LogP) is 0.499. The van der Waals surface area contributed by atoms with Crippen LogP contribution in [0.1, 0.15) is 22.1 Å². The summed E-state index contributed by atoms with van der Waals surface area (Å²) < 4.78 is 39.0. The Balaban J connectivity index is 1.29. The van der Waals surface area contributed by atoms with Gasteiger partial charge in [0.25, 0.3) is 5.91 Å². The minimum absolute atomic E-state index is 0.105.